The van der Waals surface area contributed by atoms with Crippen molar-refractivity contribution >= 4 is 39.4 Å². The number of hydrogen-bond donors (Lipinski definition) is 1. The Morgan fingerprint density at radius 2 is 2.06 bits per heavy atom. The molecule has 1 N–H and O–H groups in total. The lowest BCUT2D eigenvalue weighted by atomic mass is 10.00. The minimum absolute atomic E-state index is 0.0111. The first-order valence-corrected chi connectivity index (χ1v) is 11.7. The highest BCUT2D eigenvalue weighted by molar-refractivity contribution is 9.10. The predicted molar refractivity (Wildman–Crippen MR) is 123 cm³/mol. The minimum atomic E-state index is -0.550. The summed E-state index contributed by atoms with van der Waals surface area (Å²) in [6, 6.07) is 11.6. The summed E-state index contributed by atoms with van der Waals surface area (Å²) in [6.07, 6.45) is 0.448. The number of fused-ring (bicyclic) bond motifs is 3. The van der Waals surface area contributed by atoms with Gasteiger partial charge in [0.25, 0.3) is 0 Å². The fourth-order valence-corrected chi connectivity index (χ4v) is 4.60. The fraction of sp³-hybridized carbons (Fsp3) is 0.273. The van der Waals surface area contributed by atoms with Gasteiger partial charge in [-0.15, -0.1) is 10.2 Å². The van der Waals surface area contributed by atoms with Crippen molar-refractivity contribution in [2.24, 2.45) is 4.99 Å². The van der Waals surface area contributed by atoms with Gasteiger partial charge in [0, 0.05) is 27.8 Å². The van der Waals surface area contributed by atoms with Crippen LogP contribution in [0.1, 0.15) is 35.8 Å². The molecule has 0 amide bonds. The molecule has 0 aliphatic carbocycles. The van der Waals surface area contributed by atoms with Crippen LogP contribution in [0.4, 0.5) is 4.39 Å². The van der Waals surface area contributed by atoms with Gasteiger partial charge >= 0.3 is 5.97 Å². The molecule has 1 aliphatic rings. The van der Waals surface area contributed by atoms with Gasteiger partial charge in [-0.05, 0) is 36.8 Å². The number of aromatic nitrogens is 3. The molecule has 7 nitrogen and oxygen atoms in total. The van der Waals surface area contributed by atoms with Crippen molar-refractivity contribution in [3.05, 3.63) is 69.7 Å². The van der Waals surface area contributed by atoms with Crippen LogP contribution in [0.15, 0.2) is 57.1 Å². The molecule has 166 valence electrons. The number of ether oxygens (including phenoxy) is 1. The molecule has 3 aromatic rings. The van der Waals surface area contributed by atoms with Gasteiger partial charge in [-0.2, -0.15) is 0 Å². The molecule has 10 heteroatoms. The van der Waals surface area contributed by atoms with Gasteiger partial charge in [-0.1, -0.05) is 39.8 Å². The third kappa shape index (κ3) is 4.48. The Labute approximate surface area is 196 Å². The van der Waals surface area contributed by atoms with Gasteiger partial charge in [-0.25, -0.2) is 4.39 Å². The molecule has 0 radical (unpaired) electrons. The van der Waals surface area contributed by atoms with E-state index in [-0.39, 0.29) is 19.0 Å². The molecule has 1 atom stereocenters. The zero-order chi connectivity index (χ0) is 22.7. The molecule has 32 heavy (non-hydrogen) atoms. The number of hydrogen-bond acceptors (Lipinski definition) is 7. The standard InChI is InChI=1S/C22H20BrFN4O3S/c1-31-19(30)9-7-17-21-26-27-22(32-11-10-29)28(21)18-8-6-13(23)12-15(18)20(25-17)14-4-2-3-5-16(14)24/h2-6,8,12,17,29H,7,9-11H2,1H3/t17-/m0/s1. The minimum Gasteiger partial charge on any atom is -0.469 e. The number of aliphatic imine (C=N–C) groups is 1. The average Bonchev–Trinajstić information content (AvgIpc) is 3.16. The summed E-state index contributed by atoms with van der Waals surface area (Å²) in [5, 5.41) is 18.6. The smallest absolute Gasteiger partial charge is 0.305 e. The molecular formula is C22H20BrFN4O3S. The Morgan fingerprint density at radius 3 is 2.81 bits per heavy atom. The van der Waals surface area contributed by atoms with E-state index < -0.39 is 11.9 Å². The van der Waals surface area contributed by atoms with E-state index in [9.17, 15) is 14.3 Å². The second-order valence-electron chi connectivity index (χ2n) is 7.00. The first kappa shape index (κ1) is 22.6. The third-order valence-corrected chi connectivity index (χ3v) is 6.40. The van der Waals surface area contributed by atoms with E-state index in [0.717, 1.165) is 10.2 Å². The molecule has 0 bridgehead atoms. The number of carbonyl (C=O) groups excluding carboxylic acids is 1. The van der Waals surface area contributed by atoms with E-state index >= 15 is 0 Å². The highest BCUT2D eigenvalue weighted by Gasteiger charge is 2.30. The van der Waals surface area contributed by atoms with Gasteiger partial charge in [-0.3, -0.25) is 14.4 Å². The van der Waals surface area contributed by atoms with Crippen molar-refractivity contribution in [1.82, 2.24) is 14.8 Å². The maximum absolute atomic E-state index is 14.9. The SMILES string of the molecule is COC(=O)CC[C@@H]1N=C(c2ccccc2F)c2cc(Br)ccc2-n2c(SCCO)nnc21. The first-order valence-electron chi connectivity index (χ1n) is 9.92. The average molecular weight is 519 g/mol. The summed E-state index contributed by atoms with van der Waals surface area (Å²) in [5.41, 5.74) is 2.28. The Morgan fingerprint density at radius 1 is 1.25 bits per heavy atom. The maximum atomic E-state index is 14.9. The first-order chi connectivity index (χ1) is 15.5. The van der Waals surface area contributed by atoms with Gasteiger partial charge in [0.05, 0.1) is 25.1 Å². The van der Waals surface area contributed by atoms with E-state index in [1.807, 2.05) is 22.8 Å². The highest BCUT2D eigenvalue weighted by atomic mass is 79.9. The number of esters is 1. The fourth-order valence-electron chi connectivity index (χ4n) is 3.55. The van der Waals surface area contributed by atoms with Crippen LogP contribution in [-0.2, 0) is 9.53 Å². The van der Waals surface area contributed by atoms with Gasteiger partial charge in [0.2, 0.25) is 0 Å². The van der Waals surface area contributed by atoms with Crippen LogP contribution < -0.4 is 0 Å². The number of methoxy groups -OCH3 is 1. The van der Waals surface area contributed by atoms with E-state index in [4.69, 9.17) is 9.73 Å². The second kappa shape index (κ2) is 9.93. The normalized spacial score (nSPS) is 14.9. The molecule has 0 fully saturated rings. The summed E-state index contributed by atoms with van der Waals surface area (Å²) in [5.74, 6) is 0.233. The topological polar surface area (TPSA) is 89.6 Å². The lowest BCUT2D eigenvalue weighted by Gasteiger charge is -2.14. The predicted octanol–water partition coefficient (Wildman–Crippen LogP) is 4.10. The number of aliphatic hydroxyl groups is 1. The van der Waals surface area contributed by atoms with Crippen molar-refractivity contribution in [1.29, 1.82) is 0 Å². The second-order valence-corrected chi connectivity index (χ2v) is 8.98. The van der Waals surface area contributed by atoms with E-state index in [1.165, 1.54) is 24.9 Å². The van der Waals surface area contributed by atoms with Crippen LogP contribution in [0.25, 0.3) is 5.69 Å². The Kier molecular flexibility index (Phi) is 7.02. The van der Waals surface area contributed by atoms with Crippen LogP contribution >= 0.6 is 27.7 Å². The molecular weight excluding hydrogens is 499 g/mol. The molecule has 2 heterocycles. The van der Waals surface area contributed by atoms with Crippen molar-refractivity contribution in [3.8, 4) is 5.69 Å². The number of benzene rings is 2. The van der Waals surface area contributed by atoms with Crippen molar-refractivity contribution in [3.63, 3.8) is 0 Å². The van der Waals surface area contributed by atoms with Crippen LogP contribution in [0.2, 0.25) is 0 Å². The maximum Gasteiger partial charge on any atom is 0.305 e. The Balaban J connectivity index is 1.94. The summed E-state index contributed by atoms with van der Waals surface area (Å²) < 4.78 is 22.4. The number of nitrogens with zero attached hydrogens (tertiary/aromatic N) is 4. The lowest BCUT2D eigenvalue weighted by molar-refractivity contribution is -0.140. The molecule has 4 rings (SSSR count). The summed E-state index contributed by atoms with van der Waals surface area (Å²) >= 11 is 4.87. The molecule has 2 aromatic carbocycles. The van der Waals surface area contributed by atoms with Gasteiger partial charge in [0.15, 0.2) is 11.0 Å². The van der Waals surface area contributed by atoms with Crippen LogP contribution in [0.3, 0.4) is 0 Å². The number of halogens is 2. The zero-order valence-electron chi connectivity index (χ0n) is 17.2. The van der Waals surface area contributed by atoms with Crippen molar-refractivity contribution in [2.45, 2.75) is 24.0 Å². The highest BCUT2D eigenvalue weighted by Crippen LogP contribution is 2.36. The molecule has 0 unspecified atom stereocenters. The van der Waals surface area contributed by atoms with Crippen molar-refractivity contribution < 1.29 is 19.0 Å². The van der Waals surface area contributed by atoms with Crippen LogP contribution in [0, 0.1) is 5.82 Å². The Bertz CT molecular complexity index is 1180. The molecule has 1 aromatic heterocycles. The molecule has 0 saturated heterocycles. The number of aliphatic hydroxyl groups excluding tert-OH is 1. The monoisotopic (exact) mass is 518 g/mol. The summed E-state index contributed by atoms with van der Waals surface area (Å²) in [6.45, 7) is -0.0111. The van der Waals surface area contributed by atoms with Crippen LogP contribution in [0.5, 0.6) is 0 Å². The Hall–Kier alpha value is -2.56. The van der Waals surface area contributed by atoms with E-state index in [2.05, 4.69) is 26.1 Å². The summed E-state index contributed by atoms with van der Waals surface area (Å²) in [7, 11) is 1.34. The van der Waals surface area contributed by atoms with Gasteiger partial charge < -0.3 is 9.84 Å². The molecule has 0 saturated carbocycles. The van der Waals surface area contributed by atoms with Crippen molar-refractivity contribution in [2.75, 3.05) is 19.5 Å². The zero-order valence-corrected chi connectivity index (χ0v) is 19.6. The summed E-state index contributed by atoms with van der Waals surface area (Å²) in [4.78, 5) is 16.8. The van der Waals surface area contributed by atoms with Gasteiger partial charge in [0.1, 0.15) is 11.9 Å². The lowest BCUT2D eigenvalue weighted by Crippen LogP contribution is -2.10. The number of thioether (sulfide) groups is 1. The number of carbonyl (C=O) groups is 1. The largest absolute Gasteiger partial charge is 0.469 e. The quantitative estimate of drug-likeness (QED) is 0.374. The molecule has 1 aliphatic heterocycles. The third-order valence-electron chi connectivity index (χ3n) is 5.00. The molecule has 0 spiro atoms. The van der Waals surface area contributed by atoms with E-state index in [1.54, 1.807) is 18.2 Å². The number of rotatable bonds is 7. The van der Waals surface area contributed by atoms with Crippen LogP contribution in [-0.4, -0.2) is 51.0 Å². The van der Waals surface area contributed by atoms with E-state index in [0.29, 0.717) is 40.0 Å².